The van der Waals surface area contributed by atoms with Gasteiger partial charge in [0.05, 0.1) is 9.79 Å². The van der Waals surface area contributed by atoms with Gasteiger partial charge < -0.3 is 0 Å². The summed E-state index contributed by atoms with van der Waals surface area (Å²) < 4.78 is 4.27. The fraction of sp³-hybridized carbons (Fsp3) is 0.0556. The van der Waals surface area contributed by atoms with E-state index in [4.69, 9.17) is 0 Å². The number of hydrogen-bond acceptors (Lipinski definition) is 1. The summed E-state index contributed by atoms with van der Waals surface area (Å²) in [5.41, 5.74) is 3.70. The highest BCUT2D eigenvalue weighted by Crippen LogP contribution is 2.52. The second-order valence-corrected chi connectivity index (χ2v) is 6.41. The molecule has 0 atom stereocenters. The van der Waals surface area contributed by atoms with Gasteiger partial charge in [-0.1, -0.05) is 46.7 Å². The molecule has 21 heavy (non-hydrogen) atoms. The van der Waals surface area contributed by atoms with Crippen molar-refractivity contribution in [1.82, 2.24) is 4.58 Å². The molecule has 0 spiro atoms. The third kappa shape index (κ3) is 1.40. The summed E-state index contributed by atoms with van der Waals surface area (Å²) in [5.74, 6) is 0. The van der Waals surface area contributed by atoms with E-state index in [0.717, 1.165) is 0 Å². The van der Waals surface area contributed by atoms with E-state index in [0.29, 0.717) is 0 Å². The van der Waals surface area contributed by atoms with Crippen molar-refractivity contribution in [2.24, 2.45) is 0 Å². The molecule has 0 aromatic heterocycles. The smallest absolute Gasteiger partial charge is 0.0893 e. The van der Waals surface area contributed by atoms with Crippen LogP contribution in [0.5, 0.6) is 0 Å². The maximum Gasteiger partial charge on any atom is 0.496 e. The summed E-state index contributed by atoms with van der Waals surface area (Å²) in [6.45, 7) is 0. The number of rotatable bonds is 0. The standard InChI is InChI=1S/C18H12N2S/c1-19-11-20-15-10-9-12-5-2-3-6-13(12)18(15)21-16-8-4-7-14(19)17(16)20/h2-10H,1H3/q+2. The van der Waals surface area contributed by atoms with E-state index >= 15 is 0 Å². The Morgan fingerprint density at radius 2 is 1.81 bits per heavy atom. The van der Waals surface area contributed by atoms with Gasteiger partial charge in [0.2, 0.25) is 5.69 Å². The Labute approximate surface area is 126 Å². The van der Waals surface area contributed by atoms with Crippen LogP contribution in [0.15, 0.2) is 64.4 Å². The Morgan fingerprint density at radius 1 is 0.905 bits per heavy atom. The van der Waals surface area contributed by atoms with E-state index in [2.05, 4.69) is 76.8 Å². The largest absolute Gasteiger partial charge is 0.496 e. The molecule has 3 heteroatoms. The molecule has 5 rings (SSSR count). The average molecular weight is 288 g/mol. The van der Waals surface area contributed by atoms with Crippen LogP contribution in [-0.4, -0.2) is 17.6 Å². The van der Waals surface area contributed by atoms with E-state index in [1.54, 1.807) is 0 Å². The van der Waals surface area contributed by atoms with Gasteiger partial charge in [0.1, 0.15) is 0 Å². The molecule has 0 radical (unpaired) electrons. The molecule has 2 heterocycles. The van der Waals surface area contributed by atoms with Gasteiger partial charge in [-0.15, -0.1) is 0 Å². The van der Waals surface area contributed by atoms with Gasteiger partial charge in [-0.25, -0.2) is 0 Å². The first-order valence-electron chi connectivity index (χ1n) is 6.96. The second-order valence-electron chi connectivity index (χ2n) is 5.36. The lowest BCUT2D eigenvalue weighted by atomic mass is 10.1. The highest BCUT2D eigenvalue weighted by molar-refractivity contribution is 8.00. The van der Waals surface area contributed by atoms with E-state index in [1.165, 1.54) is 37.6 Å². The first-order valence-corrected chi connectivity index (χ1v) is 7.77. The number of para-hydroxylation sites is 1. The van der Waals surface area contributed by atoms with Gasteiger partial charge in [0.25, 0.3) is 5.69 Å². The van der Waals surface area contributed by atoms with Crippen molar-refractivity contribution in [2.45, 2.75) is 9.79 Å². The first-order chi connectivity index (χ1) is 10.3. The van der Waals surface area contributed by atoms with E-state index in [9.17, 15) is 0 Å². The fourth-order valence-electron chi connectivity index (χ4n) is 3.14. The summed E-state index contributed by atoms with van der Waals surface area (Å²) in [6.07, 6.45) is 0. The van der Waals surface area contributed by atoms with Gasteiger partial charge in [0, 0.05) is 17.5 Å². The molecule has 2 nitrogen and oxygen atoms in total. The Balaban J connectivity index is 1.93. The van der Waals surface area contributed by atoms with Crippen molar-refractivity contribution >= 4 is 45.6 Å². The quantitative estimate of drug-likeness (QED) is 0.428. The summed E-state index contributed by atoms with van der Waals surface area (Å²) >= 11 is 1.86. The van der Waals surface area contributed by atoms with Crippen LogP contribution in [-0.2, 0) is 0 Å². The molecule has 0 saturated carbocycles. The van der Waals surface area contributed by atoms with Crippen LogP contribution in [0, 0.1) is 0 Å². The van der Waals surface area contributed by atoms with E-state index in [-0.39, 0.29) is 0 Å². The molecule has 3 aromatic rings. The molecular formula is C18H12N2S+2. The van der Waals surface area contributed by atoms with Gasteiger partial charge >= 0.3 is 11.7 Å². The Kier molecular flexibility index (Phi) is 2.08. The van der Waals surface area contributed by atoms with Gasteiger partial charge in [0.15, 0.2) is 7.05 Å². The lowest BCUT2D eigenvalue weighted by Gasteiger charge is -2.13. The normalized spacial score (nSPS) is 14.5. The van der Waals surface area contributed by atoms with Crippen LogP contribution >= 0.6 is 11.8 Å². The summed E-state index contributed by atoms with van der Waals surface area (Å²) in [5, 5.41) is 2.60. The lowest BCUT2D eigenvalue weighted by molar-refractivity contribution is -0.394. The van der Waals surface area contributed by atoms with Crippen molar-refractivity contribution < 1.29 is 4.58 Å². The Morgan fingerprint density at radius 3 is 2.76 bits per heavy atom. The second kappa shape index (κ2) is 3.85. The molecule has 0 amide bonds. The SMILES string of the molecule is C[N+]1=C=[N+]2c3ccc4ccccc4c3Sc3cccc1c32. The summed E-state index contributed by atoms with van der Waals surface area (Å²) in [4.78, 5) is 2.62. The van der Waals surface area contributed by atoms with Crippen molar-refractivity contribution in [1.29, 1.82) is 0 Å². The summed E-state index contributed by atoms with van der Waals surface area (Å²) in [6, 6.07) is 22.9. The molecule has 0 unspecified atom stereocenters. The molecule has 0 N–H and O–H groups in total. The molecule has 0 aliphatic carbocycles. The number of fused-ring (bicyclic) bond motifs is 4. The zero-order valence-electron chi connectivity index (χ0n) is 11.5. The topological polar surface area (TPSA) is 6.02 Å². The fourth-order valence-corrected chi connectivity index (χ4v) is 4.36. The van der Waals surface area contributed by atoms with Crippen molar-refractivity contribution in [3.8, 4) is 0 Å². The highest BCUT2D eigenvalue weighted by Gasteiger charge is 2.41. The Bertz CT molecular complexity index is 1010. The Hall–Kier alpha value is -2.35. The molecule has 2 aliphatic rings. The molecular weight excluding hydrogens is 276 g/mol. The number of nitrogens with zero attached hydrogens (tertiary/aromatic N) is 2. The maximum atomic E-state index is 3.44. The van der Waals surface area contributed by atoms with Crippen LogP contribution < -0.4 is 4.58 Å². The van der Waals surface area contributed by atoms with E-state index in [1.807, 2.05) is 11.8 Å². The van der Waals surface area contributed by atoms with Crippen LogP contribution in [0.1, 0.15) is 0 Å². The third-order valence-electron chi connectivity index (χ3n) is 4.12. The van der Waals surface area contributed by atoms with Crippen molar-refractivity contribution in [2.75, 3.05) is 7.05 Å². The molecule has 2 aliphatic heterocycles. The minimum Gasteiger partial charge on any atom is -0.0893 e. The molecule has 0 saturated heterocycles. The van der Waals surface area contributed by atoms with E-state index < -0.39 is 0 Å². The predicted octanol–water partition coefficient (Wildman–Crippen LogP) is 4.60. The van der Waals surface area contributed by atoms with Crippen LogP contribution in [0.4, 0.5) is 17.1 Å². The molecule has 0 fully saturated rings. The predicted molar refractivity (Wildman–Crippen MR) is 86.8 cm³/mol. The zero-order chi connectivity index (χ0) is 14.0. The van der Waals surface area contributed by atoms with Gasteiger partial charge in [-0.05, 0) is 22.1 Å². The molecule has 3 aromatic carbocycles. The average Bonchev–Trinajstić information content (AvgIpc) is 2.86. The van der Waals surface area contributed by atoms with Gasteiger partial charge in [-0.3, -0.25) is 0 Å². The minimum atomic E-state index is 1.22. The number of benzene rings is 3. The minimum absolute atomic E-state index is 1.22. The monoisotopic (exact) mass is 288 g/mol. The zero-order valence-corrected chi connectivity index (χ0v) is 12.3. The van der Waals surface area contributed by atoms with Crippen LogP contribution in [0.2, 0.25) is 0 Å². The van der Waals surface area contributed by atoms with Gasteiger partial charge in [-0.2, -0.15) is 0 Å². The summed E-state index contributed by atoms with van der Waals surface area (Å²) in [7, 11) is 2.05. The number of hydrogen-bond donors (Lipinski definition) is 0. The van der Waals surface area contributed by atoms with Crippen molar-refractivity contribution in [3.05, 3.63) is 54.6 Å². The van der Waals surface area contributed by atoms with Crippen LogP contribution in [0.25, 0.3) is 10.8 Å². The third-order valence-corrected chi connectivity index (χ3v) is 5.31. The highest BCUT2D eigenvalue weighted by atomic mass is 32.2. The molecule has 98 valence electrons. The van der Waals surface area contributed by atoms with Crippen molar-refractivity contribution in [3.63, 3.8) is 0 Å². The first kappa shape index (κ1) is 11.3. The maximum absolute atomic E-state index is 3.44. The van der Waals surface area contributed by atoms with Crippen LogP contribution in [0.3, 0.4) is 0 Å². The lowest BCUT2D eigenvalue weighted by Crippen LogP contribution is -2.06. The molecule has 0 bridgehead atoms.